The number of piperidine rings is 1. The molecule has 0 atom stereocenters. The summed E-state index contributed by atoms with van der Waals surface area (Å²) in [6.07, 6.45) is 4.38. The molecule has 144 valence electrons. The average Bonchev–Trinajstić information content (AvgIpc) is 3.42. The SMILES string of the molecule is COc1ccccc1N(CC1CC1)C1CCN(C(=O)OC(C)(C)C)CC1. The summed E-state index contributed by atoms with van der Waals surface area (Å²) in [5.41, 5.74) is 0.737. The van der Waals surface area contributed by atoms with Crippen LogP contribution in [0.1, 0.15) is 46.5 Å². The minimum atomic E-state index is -0.441. The van der Waals surface area contributed by atoms with Gasteiger partial charge in [0.1, 0.15) is 11.4 Å². The average molecular weight is 360 g/mol. The van der Waals surface area contributed by atoms with Crippen LogP contribution in [0.25, 0.3) is 0 Å². The Labute approximate surface area is 157 Å². The van der Waals surface area contributed by atoms with Crippen molar-refractivity contribution in [2.24, 2.45) is 5.92 Å². The maximum Gasteiger partial charge on any atom is 0.410 e. The summed E-state index contributed by atoms with van der Waals surface area (Å²) in [6, 6.07) is 8.72. The van der Waals surface area contributed by atoms with E-state index in [-0.39, 0.29) is 6.09 Å². The topological polar surface area (TPSA) is 42.0 Å². The van der Waals surface area contributed by atoms with Gasteiger partial charge in [0.2, 0.25) is 0 Å². The summed E-state index contributed by atoms with van der Waals surface area (Å²) >= 11 is 0. The zero-order chi connectivity index (χ0) is 18.7. The largest absolute Gasteiger partial charge is 0.495 e. The minimum absolute atomic E-state index is 0.193. The number of ether oxygens (including phenoxy) is 2. The third kappa shape index (κ3) is 4.83. The van der Waals surface area contributed by atoms with Crippen LogP contribution in [0.2, 0.25) is 0 Å². The fourth-order valence-electron chi connectivity index (χ4n) is 3.58. The molecule has 0 bridgehead atoms. The highest BCUT2D eigenvalue weighted by Crippen LogP contribution is 2.37. The maximum atomic E-state index is 12.3. The molecule has 0 aromatic heterocycles. The van der Waals surface area contributed by atoms with E-state index in [2.05, 4.69) is 17.0 Å². The Morgan fingerprint density at radius 2 is 1.81 bits per heavy atom. The molecule has 1 aliphatic heterocycles. The first-order chi connectivity index (χ1) is 12.4. The Morgan fingerprint density at radius 3 is 2.38 bits per heavy atom. The summed E-state index contributed by atoms with van der Waals surface area (Å²) < 4.78 is 11.1. The first kappa shape index (κ1) is 18.9. The number of hydrogen-bond acceptors (Lipinski definition) is 4. The first-order valence-electron chi connectivity index (χ1n) is 9.75. The van der Waals surface area contributed by atoms with Crippen LogP contribution in [-0.4, -0.2) is 49.4 Å². The molecule has 0 N–H and O–H groups in total. The molecule has 1 saturated heterocycles. The van der Waals surface area contributed by atoms with Crippen molar-refractivity contribution in [3.8, 4) is 5.75 Å². The van der Waals surface area contributed by atoms with Crippen molar-refractivity contribution in [3.05, 3.63) is 24.3 Å². The van der Waals surface area contributed by atoms with Crippen molar-refractivity contribution in [1.29, 1.82) is 0 Å². The van der Waals surface area contributed by atoms with Crippen molar-refractivity contribution in [3.63, 3.8) is 0 Å². The summed E-state index contributed by atoms with van der Waals surface area (Å²) in [7, 11) is 1.74. The summed E-state index contributed by atoms with van der Waals surface area (Å²) in [6.45, 7) is 8.31. The summed E-state index contributed by atoms with van der Waals surface area (Å²) in [5.74, 6) is 1.73. The lowest BCUT2D eigenvalue weighted by Crippen LogP contribution is -2.48. The third-order valence-electron chi connectivity index (χ3n) is 5.10. The van der Waals surface area contributed by atoms with Crippen LogP contribution in [0, 0.1) is 5.92 Å². The number of benzene rings is 1. The molecular weight excluding hydrogens is 328 g/mol. The van der Waals surface area contributed by atoms with Gasteiger partial charge in [-0.15, -0.1) is 0 Å². The number of para-hydroxylation sites is 2. The normalized spacial score (nSPS) is 18.5. The van der Waals surface area contributed by atoms with E-state index in [1.54, 1.807) is 7.11 Å². The number of likely N-dealkylation sites (tertiary alicyclic amines) is 1. The molecule has 1 aromatic rings. The van der Waals surface area contributed by atoms with Gasteiger partial charge in [0, 0.05) is 25.7 Å². The van der Waals surface area contributed by atoms with Crippen LogP contribution < -0.4 is 9.64 Å². The van der Waals surface area contributed by atoms with Crippen LogP contribution >= 0.6 is 0 Å². The number of carbonyl (C=O) groups excluding carboxylic acids is 1. The van der Waals surface area contributed by atoms with Gasteiger partial charge < -0.3 is 19.3 Å². The fourth-order valence-corrected chi connectivity index (χ4v) is 3.58. The lowest BCUT2D eigenvalue weighted by molar-refractivity contribution is 0.0204. The zero-order valence-electron chi connectivity index (χ0n) is 16.5. The van der Waals surface area contributed by atoms with Gasteiger partial charge in [0.05, 0.1) is 12.8 Å². The first-order valence-corrected chi connectivity index (χ1v) is 9.75. The number of carbonyl (C=O) groups is 1. The molecule has 3 rings (SSSR count). The highest BCUT2D eigenvalue weighted by molar-refractivity contribution is 5.68. The molecule has 26 heavy (non-hydrogen) atoms. The van der Waals surface area contributed by atoms with Crippen molar-refractivity contribution >= 4 is 11.8 Å². The van der Waals surface area contributed by atoms with E-state index in [0.717, 1.165) is 44.1 Å². The fraction of sp³-hybridized carbons (Fsp3) is 0.667. The molecule has 0 spiro atoms. The molecule has 5 heteroatoms. The second-order valence-corrected chi connectivity index (χ2v) is 8.47. The van der Waals surface area contributed by atoms with Gasteiger partial charge in [-0.2, -0.15) is 0 Å². The smallest absolute Gasteiger partial charge is 0.410 e. The number of nitrogens with zero attached hydrogens (tertiary/aromatic N) is 2. The predicted octanol–water partition coefficient (Wildman–Crippen LogP) is 4.31. The highest BCUT2D eigenvalue weighted by atomic mass is 16.6. The zero-order valence-corrected chi connectivity index (χ0v) is 16.5. The highest BCUT2D eigenvalue weighted by Gasteiger charge is 2.33. The molecule has 1 heterocycles. The Morgan fingerprint density at radius 1 is 1.15 bits per heavy atom. The minimum Gasteiger partial charge on any atom is -0.495 e. The maximum absolute atomic E-state index is 12.3. The third-order valence-corrected chi connectivity index (χ3v) is 5.10. The molecule has 1 aromatic carbocycles. The lowest BCUT2D eigenvalue weighted by Gasteiger charge is -2.40. The molecule has 0 unspecified atom stereocenters. The van der Waals surface area contributed by atoms with E-state index in [4.69, 9.17) is 9.47 Å². The second-order valence-electron chi connectivity index (χ2n) is 8.47. The van der Waals surface area contributed by atoms with E-state index in [1.165, 1.54) is 18.5 Å². The molecule has 5 nitrogen and oxygen atoms in total. The van der Waals surface area contributed by atoms with E-state index < -0.39 is 5.60 Å². The van der Waals surface area contributed by atoms with Gasteiger partial charge in [0.25, 0.3) is 0 Å². The monoisotopic (exact) mass is 360 g/mol. The predicted molar refractivity (Wildman–Crippen MR) is 104 cm³/mol. The van der Waals surface area contributed by atoms with Gasteiger partial charge in [-0.05, 0) is 64.5 Å². The Kier molecular flexibility index (Phi) is 5.64. The van der Waals surface area contributed by atoms with Gasteiger partial charge in [-0.1, -0.05) is 12.1 Å². The van der Waals surface area contributed by atoms with Crippen molar-refractivity contribution in [1.82, 2.24) is 4.90 Å². The lowest BCUT2D eigenvalue weighted by atomic mass is 10.0. The van der Waals surface area contributed by atoms with Crippen LogP contribution in [-0.2, 0) is 4.74 Å². The summed E-state index contributed by atoms with van der Waals surface area (Å²) in [4.78, 5) is 16.7. The molecule has 1 saturated carbocycles. The van der Waals surface area contributed by atoms with Crippen LogP contribution in [0.5, 0.6) is 5.75 Å². The van der Waals surface area contributed by atoms with Crippen molar-refractivity contribution in [2.75, 3.05) is 31.6 Å². The van der Waals surface area contributed by atoms with E-state index in [1.807, 2.05) is 37.8 Å². The Bertz CT molecular complexity index is 614. The molecule has 1 aliphatic carbocycles. The number of amides is 1. The Hall–Kier alpha value is -1.91. The standard InChI is InChI=1S/C21H32N2O3/c1-21(2,3)26-20(24)22-13-11-17(12-14-22)23(15-16-9-10-16)18-7-5-6-8-19(18)25-4/h5-8,16-17H,9-15H2,1-4H3. The number of rotatable bonds is 5. The Balaban J connectivity index is 1.67. The van der Waals surface area contributed by atoms with E-state index >= 15 is 0 Å². The summed E-state index contributed by atoms with van der Waals surface area (Å²) in [5, 5.41) is 0. The quantitative estimate of drug-likeness (QED) is 0.785. The van der Waals surface area contributed by atoms with E-state index in [9.17, 15) is 4.79 Å². The van der Waals surface area contributed by atoms with Crippen molar-refractivity contribution in [2.45, 2.75) is 58.1 Å². The second kappa shape index (κ2) is 7.77. The van der Waals surface area contributed by atoms with Crippen LogP contribution in [0.4, 0.5) is 10.5 Å². The van der Waals surface area contributed by atoms with Crippen LogP contribution in [0.15, 0.2) is 24.3 Å². The van der Waals surface area contributed by atoms with E-state index in [0.29, 0.717) is 6.04 Å². The van der Waals surface area contributed by atoms with Gasteiger partial charge in [-0.25, -0.2) is 4.79 Å². The molecular formula is C21H32N2O3. The molecule has 1 amide bonds. The number of anilines is 1. The number of methoxy groups -OCH3 is 1. The van der Waals surface area contributed by atoms with Gasteiger partial charge in [-0.3, -0.25) is 0 Å². The molecule has 0 radical (unpaired) electrons. The van der Waals surface area contributed by atoms with Crippen molar-refractivity contribution < 1.29 is 14.3 Å². The number of hydrogen-bond donors (Lipinski definition) is 0. The molecule has 2 fully saturated rings. The molecule has 2 aliphatic rings. The van der Waals surface area contributed by atoms with Gasteiger partial charge >= 0.3 is 6.09 Å². The van der Waals surface area contributed by atoms with Crippen LogP contribution in [0.3, 0.4) is 0 Å². The van der Waals surface area contributed by atoms with Gasteiger partial charge in [0.15, 0.2) is 0 Å².